The topological polar surface area (TPSA) is 44.8 Å². The van der Waals surface area contributed by atoms with E-state index in [0.29, 0.717) is 18.2 Å². The Morgan fingerprint density at radius 3 is 2.25 bits per heavy atom. The fraction of sp³-hybridized carbons (Fsp3) is 0.188. The molecular formula is C16H8ClF7O4. The van der Waals surface area contributed by atoms with Crippen LogP contribution in [-0.2, 0) is 6.18 Å². The highest BCUT2D eigenvalue weighted by molar-refractivity contribution is 6.68. The van der Waals surface area contributed by atoms with Gasteiger partial charge in [0.1, 0.15) is 22.9 Å². The number of methoxy groups -OCH3 is 1. The molecule has 0 spiro atoms. The van der Waals surface area contributed by atoms with Crippen molar-refractivity contribution < 1.29 is 53.9 Å². The van der Waals surface area contributed by atoms with E-state index in [1.165, 1.54) is 0 Å². The Labute approximate surface area is 161 Å². The van der Waals surface area contributed by atoms with Crippen LogP contribution in [0.25, 0.3) is 0 Å². The Hall–Kier alpha value is -2.69. The maximum absolute atomic E-state index is 14.1. The second kappa shape index (κ2) is 7.74. The van der Waals surface area contributed by atoms with Crippen molar-refractivity contribution in [3.8, 4) is 23.0 Å². The zero-order valence-corrected chi connectivity index (χ0v) is 13.8. The first-order chi connectivity index (χ1) is 14.0. The predicted octanol–water partition coefficient (Wildman–Crippen LogP) is 5.92. The van der Waals surface area contributed by atoms with Gasteiger partial charge in [-0.1, -0.05) is 0 Å². The van der Waals surface area contributed by atoms with Crippen molar-refractivity contribution in [3.05, 3.63) is 47.3 Å². The van der Waals surface area contributed by atoms with Gasteiger partial charge in [0, 0.05) is 6.07 Å². The highest BCUT2D eigenvalue weighted by atomic mass is 35.5. The first-order valence-electron chi connectivity index (χ1n) is 8.33. The normalized spacial score (nSPS) is 13.9. The Kier molecular flexibility index (Phi) is 4.81. The van der Waals surface area contributed by atoms with E-state index in [9.17, 15) is 35.5 Å². The molecule has 0 saturated heterocycles. The lowest BCUT2D eigenvalue weighted by atomic mass is 10.1. The molecule has 0 heterocycles. The van der Waals surface area contributed by atoms with Gasteiger partial charge < -0.3 is 14.2 Å². The van der Waals surface area contributed by atoms with E-state index < -0.39 is 64.8 Å². The fourth-order valence-corrected chi connectivity index (χ4v) is 2.17. The molecule has 0 aliphatic carbocycles. The number of carbonyl (C=O) groups excluding carboxylic acids is 1. The second-order valence-corrected chi connectivity index (χ2v) is 5.31. The number of halogens is 8. The van der Waals surface area contributed by atoms with Gasteiger partial charge >= 0.3 is 12.5 Å². The molecule has 0 unspecified atom stereocenters. The molecule has 4 nitrogen and oxygen atoms in total. The third kappa shape index (κ3) is 5.18. The molecule has 152 valence electrons. The van der Waals surface area contributed by atoms with Crippen molar-refractivity contribution in [3.63, 3.8) is 0 Å². The van der Waals surface area contributed by atoms with Crippen LogP contribution in [0, 0.1) is 5.82 Å². The summed E-state index contributed by atoms with van der Waals surface area (Å²) in [4.78, 5) is 11.5. The molecule has 0 aromatic heterocycles. The zero-order chi connectivity index (χ0) is 23.8. The van der Waals surface area contributed by atoms with Gasteiger partial charge in [0.05, 0.1) is 16.7 Å². The van der Waals surface area contributed by atoms with Crippen LogP contribution < -0.4 is 14.2 Å². The summed E-state index contributed by atoms with van der Waals surface area (Å²) < 4.78 is 124. The molecule has 12 heteroatoms. The summed E-state index contributed by atoms with van der Waals surface area (Å²) in [6, 6.07) is 1.84. The molecule has 0 bridgehead atoms. The smallest absolute Gasteiger partial charge is 0.493 e. The highest BCUT2D eigenvalue weighted by Gasteiger charge is 2.34. The van der Waals surface area contributed by atoms with Gasteiger partial charge in [0.2, 0.25) is 0 Å². The Balaban J connectivity index is 2.61. The third-order valence-corrected chi connectivity index (χ3v) is 3.25. The van der Waals surface area contributed by atoms with E-state index in [0.717, 1.165) is 0 Å². The fourth-order valence-electron chi connectivity index (χ4n) is 1.98. The largest absolute Gasteiger partial charge is 0.573 e. The van der Waals surface area contributed by atoms with Crippen molar-refractivity contribution in [2.45, 2.75) is 12.5 Å². The number of carbonyl (C=O) groups is 1. The second-order valence-electron chi connectivity index (χ2n) is 4.96. The summed E-state index contributed by atoms with van der Waals surface area (Å²) >= 11 is 5.18. The van der Waals surface area contributed by atoms with Gasteiger partial charge in [0.15, 0.2) is 11.5 Å². The highest BCUT2D eigenvalue weighted by Crippen LogP contribution is 2.40. The SMILES string of the molecule is [2H]C([2H])([2H])Oc1cc(OC(F)(F)F)ccc1Oc1cc(C(F)(F)F)cc(F)c1C(=O)Cl. The number of rotatable bonds is 5. The number of hydrogen-bond donors (Lipinski definition) is 0. The minimum atomic E-state index is -5.16. The molecule has 2 rings (SSSR count). The van der Waals surface area contributed by atoms with Crippen LogP contribution in [-0.4, -0.2) is 18.6 Å². The average molecular weight is 436 g/mol. The van der Waals surface area contributed by atoms with Crippen LogP contribution in [0.2, 0.25) is 0 Å². The molecular weight excluding hydrogens is 425 g/mol. The molecule has 0 radical (unpaired) electrons. The van der Waals surface area contributed by atoms with E-state index in [2.05, 4.69) is 9.47 Å². The Morgan fingerprint density at radius 1 is 1.04 bits per heavy atom. The van der Waals surface area contributed by atoms with E-state index in [4.69, 9.17) is 20.5 Å². The minimum Gasteiger partial charge on any atom is -0.493 e. The molecule has 0 atom stereocenters. The van der Waals surface area contributed by atoms with Gasteiger partial charge in [-0.15, -0.1) is 13.2 Å². The molecule has 2 aromatic rings. The third-order valence-electron chi connectivity index (χ3n) is 3.06. The van der Waals surface area contributed by atoms with Gasteiger partial charge in [-0.05, 0) is 35.9 Å². The van der Waals surface area contributed by atoms with Crippen molar-refractivity contribution in [1.29, 1.82) is 0 Å². The van der Waals surface area contributed by atoms with Crippen molar-refractivity contribution in [2.24, 2.45) is 0 Å². The zero-order valence-electron chi connectivity index (χ0n) is 16.0. The first kappa shape index (κ1) is 17.4. The van der Waals surface area contributed by atoms with E-state index >= 15 is 0 Å². The molecule has 0 aliphatic heterocycles. The van der Waals surface area contributed by atoms with Gasteiger partial charge in [0.25, 0.3) is 5.24 Å². The summed E-state index contributed by atoms with van der Waals surface area (Å²) in [5.41, 5.74) is -2.72. The summed E-state index contributed by atoms with van der Waals surface area (Å²) in [6.07, 6.45) is -10.2. The minimum absolute atomic E-state index is 0.0252. The Bertz CT molecular complexity index is 991. The van der Waals surface area contributed by atoms with Crippen LogP contribution in [0.3, 0.4) is 0 Å². The van der Waals surface area contributed by atoms with E-state index in [-0.39, 0.29) is 12.1 Å². The maximum atomic E-state index is 14.1. The molecule has 0 saturated carbocycles. The monoisotopic (exact) mass is 435 g/mol. The van der Waals surface area contributed by atoms with E-state index in [1.54, 1.807) is 0 Å². The van der Waals surface area contributed by atoms with Gasteiger partial charge in [-0.25, -0.2) is 4.39 Å². The standard InChI is InChI=1S/C16H8ClF7O4/c1-26-11-6-8(28-16(22,23)24)2-3-10(11)27-12-5-7(15(19,20)21)4-9(18)13(12)14(17)25/h2-6H,1H3/i1D3. The number of alkyl halides is 6. The summed E-state index contributed by atoms with van der Waals surface area (Å²) in [6.45, 7) is 0. The number of hydrogen-bond acceptors (Lipinski definition) is 4. The van der Waals surface area contributed by atoms with Crippen molar-refractivity contribution in [2.75, 3.05) is 7.04 Å². The molecule has 0 N–H and O–H groups in total. The summed E-state index contributed by atoms with van der Waals surface area (Å²) in [7, 11) is -3.24. The van der Waals surface area contributed by atoms with Crippen LogP contribution in [0.5, 0.6) is 23.0 Å². The quantitative estimate of drug-likeness (QED) is 0.432. The Morgan fingerprint density at radius 2 is 1.71 bits per heavy atom. The predicted molar refractivity (Wildman–Crippen MR) is 81.3 cm³/mol. The lowest BCUT2D eigenvalue weighted by molar-refractivity contribution is -0.274. The molecule has 28 heavy (non-hydrogen) atoms. The van der Waals surface area contributed by atoms with Gasteiger partial charge in [-0.3, -0.25) is 4.79 Å². The molecule has 0 aliphatic rings. The van der Waals surface area contributed by atoms with Crippen molar-refractivity contribution >= 4 is 16.8 Å². The van der Waals surface area contributed by atoms with Crippen LogP contribution in [0.4, 0.5) is 30.7 Å². The van der Waals surface area contributed by atoms with Gasteiger partial charge in [-0.2, -0.15) is 13.2 Å². The first-order valence-corrected chi connectivity index (χ1v) is 7.21. The molecule has 0 fully saturated rings. The van der Waals surface area contributed by atoms with Crippen LogP contribution in [0.1, 0.15) is 20.0 Å². The molecule has 0 amide bonds. The number of ether oxygens (including phenoxy) is 3. The summed E-state index contributed by atoms with van der Waals surface area (Å²) in [5.74, 6) is -5.47. The lowest BCUT2D eigenvalue weighted by Gasteiger charge is -2.16. The van der Waals surface area contributed by atoms with Crippen molar-refractivity contribution in [1.82, 2.24) is 0 Å². The lowest BCUT2D eigenvalue weighted by Crippen LogP contribution is -2.17. The average Bonchev–Trinajstić information content (AvgIpc) is 2.52. The summed E-state index contributed by atoms with van der Waals surface area (Å²) in [5, 5.41) is -1.56. The van der Waals surface area contributed by atoms with Crippen LogP contribution >= 0.6 is 11.6 Å². The number of benzene rings is 2. The molecule has 2 aromatic carbocycles. The maximum Gasteiger partial charge on any atom is 0.573 e. The van der Waals surface area contributed by atoms with E-state index in [1.807, 2.05) is 0 Å². The van der Waals surface area contributed by atoms with Crippen LogP contribution in [0.15, 0.2) is 30.3 Å².